The number of fused-ring (bicyclic) bond motifs is 3. The van der Waals surface area contributed by atoms with E-state index in [-0.39, 0.29) is 11.3 Å². The Labute approximate surface area is 154 Å². The van der Waals surface area contributed by atoms with E-state index in [1.807, 2.05) is 4.90 Å². The third-order valence-electron chi connectivity index (χ3n) is 6.72. The first-order valence-corrected chi connectivity index (χ1v) is 10.3. The molecule has 1 unspecified atom stereocenters. The normalized spacial score (nSPS) is 23.7. The van der Waals surface area contributed by atoms with Crippen LogP contribution in [0.2, 0.25) is 0 Å². The number of rotatable bonds is 1. The van der Waals surface area contributed by atoms with Crippen molar-refractivity contribution in [1.82, 2.24) is 9.47 Å². The molecule has 1 aromatic heterocycles. The quantitative estimate of drug-likeness (QED) is 0.679. The zero-order chi connectivity index (χ0) is 17.0. The second kappa shape index (κ2) is 6.08. The zero-order valence-electron chi connectivity index (χ0n) is 14.7. The summed E-state index contributed by atoms with van der Waals surface area (Å²) >= 11 is 4.13. The summed E-state index contributed by atoms with van der Waals surface area (Å²) < 4.78 is 2.49. The summed E-state index contributed by atoms with van der Waals surface area (Å²) in [6.07, 6.45) is 10.2. The van der Waals surface area contributed by atoms with Gasteiger partial charge in [0.25, 0.3) is 5.24 Å². The van der Waals surface area contributed by atoms with Crippen molar-refractivity contribution in [3.8, 4) is 0 Å². The van der Waals surface area contributed by atoms with Crippen molar-refractivity contribution in [2.75, 3.05) is 6.54 Å². The van der Waals surface area contributed by atoms with Gasteiger partial charge in [0.1, 0.15) is 0 Å². The van der Waals surface area contributed by atoms with Gasteiger partial charge < -0.3 is 9.47 Å². The van der Waals surface area contributed by atoms with Gasteiger partial charge in [-0.15, -0.1) is 0 Å². The van der Waals surface area contributed by atoms with E-state index in [2.05, 4.69) is 35.4 Å². The van der Waals surface area contributed by atoms with Gasteiger partial charge in [-0.2, -0.15) is 0 Å². The lowest BCUT2D eigenvalue weighted by atomic mass is 9.83. The lowest BCUT2D eigenvalue weighted by molar-refractivity contribution is 0.169. The summed E-state index contributed by atoms with van der Waals surface area (Å²) in [5, 5.41) is 1.38. The molecule has 1 aromatic carbocycles. The van der Waals surface area contributed by atoms with Crippen molar-refractivity contribution >= 4 is 28.8 Å². The summed E-state index contributed by atoms with van der Waals surface area (Å²) in [4.78, 5) is 13.9. The van der Waals surface area contributed by atoms with Crippen LogP contribution in [0.5, 0.6) is 0 Å². The Morgan fingerprint density at radius 1 is 1.04 bits per heavy atom. The summed E-state index contributed by atoms with van der Waals surface area (Å²) in [6.45, 7) is 1.69. The van der Waals surface area contributed by atoms with Crippen molar-refractivity contribution in [3.63, 3.8) is 0 Å². The van der Waals surface area contributed by atoms with Crippen LogP contribution in [0.4, 0.5) is 4.79 Å². The number of hydrogen-bond donors (Lipinski definition) is 1. The number of aryl methyl sites for hydroxylation is 1. The van der Waals surface area contributed by atoms with Crippen molar-refractivity contribution in [3.05, 3.63) is 35.0 Å². The van der Waals surface area contributed by atoms with Crippen LogP contribution in [-0.2, 0) is 13.0 Å². The number of carbonyl (C=O) groups excluding carboxylic acids is 1. The Hall–Kier alpha value is -1.42. The molecule has 4 heteroatoms. The number of benzene rings is 1. The largest absolute Gasteiger partial charge is 0.341 e. The van der Waals surface area contributed by atoms with Crippen LogP contribution in [0, 0.1) is 0 Å². The Bertz CT molecular complexity index is 834. The van der Waals surface area contributed by atoms with Crippen LogP contribution in [0.15, 0.2) is 18.2 Å². The Balaban J connectivity index is 1.64. The third kappa shape index (κ3) is 2.44. The van der Waals surface area contributed by atoms with E-state index in [4.69, 9.17) is 0 Å². The molecule has 5 rings (SSSR count). The second-order valence-electron chi connectivity index (χ2n) is 8.01. The Morgan fingerprint density at radius 2 is 1.88 bits per heavy atom. The van der Waals surface area contributed by atoms with Crippen molar-refractivity contribution in [1.29, 1.82) is 0 Å². The molecule has 1 atom stereocenters. The molecule has 1 saturated carbocycles. The minimum absolute atomic E-state index is 0.0720. The number of hydrogen-bond acceptors (Lipinski definition) is 1. The first-order valence-electron chi connectivity index (χ1n) is 9.88. The molecule has 0 saturated heterocycles. The number of thiol groups is 1. The van der Waals surface area contributed by atoms with Gasteiger partial charge in [0.15, 0.2) is 0 Å². The molecule has 0 bridgehead atoms. The highest BCUT2D eigenvalue weighted by atomic mass is 32.1. The maximum Gasteiger partial charge on any atom is 0.279 e. The summed E-state index contributed by atoms with van der Waals surface area (Å²) in [6, 6.07) is 7.44. The fourth-order valence-corrected chi connectivity index (χ4v) is 5.78. The number of nitrogens with zero attached hydrogens (tertiary/aromatic N) is 2. The molecule has 3 aliphatic rings. The van der Waals surface area contributed by atoms with Gasteiger partial charge in [-0.25, -0.2) is 0 Å². The zero-order valence-corrected chi connectivity index (χ0v) is 15.6. The average Bonchev–Trinajstić information content (AvgIpc) is 2.98. The van der Waals surface area contributed by atoms with Gasteiger partial charge in [0, 0.05) is 29.7 Å². The molecule has 2 aliphatic carbocycles. The first-order chi connectivity index (χ1) is 12.2. The highest BCUT2D eigenvalue weighted by Gasteiger charge is 2.36. The molecule has 0 N–H and O–H groups in total. The second-order valence-corrected chi connectivity index (χ2v) is 8.39. The van der Waals surface area contributed by atoms with Crippen LogP contribution < -0.4 is 0 Å². The van der Waals surface area contributed by atoms with E-state index < -0.39 is 0 Å². The summed E-state index contributed by atoms with van der Waals surface area (Å²) in [7, 11) is 0. The molecule has 3 nitrogen and oxygen atoms in total. The molecule has 1 aliphatic heterocycles. The predicted molar refractivity (Wildman–Crippen MR) is 105 cm³/mol. The molecule has 2 aromatic rings. The number of carbonyl (C=O) groups is 1. The fourth-order valence-electron chi connectivity index (χ4n) is 5.54. The molecule has 0 radical (unpaired) electrons. The minimum atomic E-state index is -0.0720. The van der Waals surface area contributed by atoms with Crippen molar-refractivity contribution < 1.29 is 4.79 Å². The predicted octanol–water partition coefficient (Wildman–Crippen LogP) is 5.43. The molecule has 2 heterocycles. The summed E-state index contributed by atoms with van der Waals surface area (Å²) in [5.74, 6) is 0.747. The monoisotopic (exact) mass is 354 g/mol. The average molecular weight is 355 g/mol. The van der Waals surface area contributed by atoms with Gasteiger partial charge in [0.2, 0.25) is 0 Å². The van der Waals surface area contributed by atoms with Crippen LogP contribution in [-0.4, -0.2) is 21.3 Å². The maximum atomic E-state index is 12.0. The highest BCUT2D eigenvalue weighted by Crippen LogP contribution is 2.44. The lowest BCUT2D eigenvalue weighted by Crippen LogP contribution is -2.41. The Morgan fingerprint density at radius 3 is 2.68 bits per heavy atom. The molecule has 25 heavy (non-hydrogen) atoms. The molecular weight excluding hydrogens is 328 g/mol. The minimum Gasteiger partial charge on any atom is -0.341 e. The number of aromatic nitrogens is 1. The van der Waals surface area contributed by atoms with Gasteiger partial charge in [-0.3, -0.25) is 4.79 Å². The lowest BCUT2D eigenvalue weighted by Gasteiger charge is -2.39. The third-order valence-corrected chi connectivity index (χ3v) is 6.98. The van der Waals surface area contributed by atoms with Crippen LogP contribution in [0.25, 0.3) is 10.9 Å². The number of amides is 1. The van der Waals surface area contributed by atoms with E-state index in [0.717, 1.165) is 31.8 Å². The maximum absolute atomic E-state index is 12.0. The van der Waals surface area contributed by atoms with Crippen LogP contribution >= 0.6 is 12.6 Å². The standard InChI is InChI=1S/C21H26N2OS/c24-21(25)23-12-11-22-18-10-9-15(14-5-2-1-3-6-14)13-17(18)16-7-4-8-19(23)20(16)22/h9-10,13-14,19H,1-8,11-12H2,(H,24,25). The Kier molecular flexibility index (Phi) is 3.85. The van der Waals surface area contributed by atoms with E-state index in [1.54, 1.807) is 0 Å². The van der Waals surface area contributed by atoms with Gasteiger partial charge >= 0.3 is 0 Å². The van der Waals surface area contributed by atoms with Crippen molar-refractivity contribution in [2.24, 2.45) is 0 Å². The first kappa shape index (κ1) is 15.8. The van der Waals surface area contributed by atoms with Crippen LogP contribution in [0.3, 0.4) is 0 Å². The van der Waals surface area contributed by atoms with Crippen LogP contribution in [0.1, 0.15) is 73.7 Å². The molecular formula is C21H26N2OS. The van der Waals surface area contributed by atoms with Gasteiger partial charge in [0.05, 0.1) is 6.04 Å². The van der Waals surface area contributed by atoms with Gasteiger partial charge in [-0.1, -0.05) is 38.0 Å². The summed E-state index contributed by atoms with van der Waals surface area (Å²) in [5.41, 5.74) is 5.82. The van der Waals surface area contributed by atoms with E-state index >= 15 is 0 Å². The molecule has 0 spiro atoms. The topological polar surface area (TPSA) is 25.2 Å². The SMILES string of the molecule is O=C(S)N1CCn2c3c(c4cc(C5CCCCC5)ccc42)CCCC31. The fraction of sp³-hybridized carbons (Fsp3) is 0.571. The van der Waals surface area contributed by atoms with E-state index in [0.29, 0.717) is 0 Å². The van der Waals surface area contributed by atoms with E-state index in [1.165, 1.54) is 66.2 Å². The molecule has 1 fully saturated rings. The molecule has 1 amide bonds. The van der Waals surface area contributed by atoms with E-state index in [9.17, 15) is 4.79 Å². The van der Waals surface area contributed by atoms with Crippen molar-refractivity contribution in [2.45, 2.75) is 69.9 Å². The van der Waals surface area contributed by atoms with Gasteiger partial charge in [-0.05, 0) is 61.3 Å². The molecule has 132 valence electrons. The smallest absolute Gasteiger partial charge is 0.279 e. The highest BCUT2D eigenvalue weighted by molar-refractivity contribution is 7.96.